The quantitative estimate of drug-likeness (QED) is 0.767. The van der Waals surface area contributed by atoms with Gasteiger partial charge in [-0.2, -0.15) is 0 Å². The standard InChI is InChI=1S/C9H9ClO2/c1-6(9(11)12)7-4-2-3-5-8(7)10/h2-6H,1H3,(H,11,12)/t6-/m1/s1. The minimum absolute atomic E-state index is 0.507. The summed E-state index contributed by atoms with van der Waals surface area (Å²) in [6.07, 6.45) is 0. The van der Waals surface area contributed by atoms with Gasteiger partial charge in [0.15, 0.2) is 0 Å². The molecule has 0 radical (unpaired) electrons. The Morgan fingerprint density at radius 2 is 2.08 bits per heavy atom. The van der Waals surface area contributed by atoms with Gasteiger partial charge in [-0.15, -0.1) is 0 Å². The van der Waals surface area contributed by atoms with Crippen LogP contribution in [0.5, 0.6) is 0 Å². The Balaban J connectivity index is 3.02. The monoisotopic (exact) mass is 184 g/mol. The molecular formula is C9H9ClO2. The van der Waals surface area contributed by atoms with Gasteiger partial charge < -0.3 is 5.11 Å². The molecule has 0 spiro atoms. The number of carbonyl (C=O) groups is 1. The Hall–Kier alpha value is -1.02. The third kappa shape index (κ3) is 1.77. The number of hydrogen-bond donors (Lipinski definition) is 1. The normalized spacial score (nSPS) is 12.5. The van der Waals surface area contributed by atoms with Crippen molar-refractivity contribution < 1.29 is 9.90 Å². The van der Waals surface area contributed by atoms with E-state index < -0.39 is 11.9 Å². The molecular weight excluding hydrogens is 176 g/mol. The summed E-state index contributed by atoms with van der Waals surface area (Å²) in [6, 6.07) is 6.97. The van der Waals surface area contributed by atoms with Gasteiger partial charge in [-0.3, -0.25) is 4.79 Å². The van der Waals surface area contributed by atoms with Crippen molar-refractivity contribution in [3.8, 4) is 0 Å². The van der Waals surface area contributed by atoms with E-state index in [9.17, 15) is 4.79 Å². The molecule has 3 heteroatoms. The fourth-order valence-electron chi connectivity index (χ4n) is 0.959. The molecule has 0 bridgehead atoms. The predicted octanol–water partition coefficient (Wildman–Crippen LogP) is 2.53. The molecule has 64 valence electrons. The van der Waals surface area contributed by atoms with Gasteiger partial charge >= 0.3 is 5.97 Å². The maximum atomic E-state index is 10.6. The van der Waals surface area contributed by atoms with Crippen LogP contribution in [-0.2, 0) is 4.79 Å². The first kappa shape index (κ1) is 9.07. The molecule has 0 unspecified atom stereocenters. The lowest BCUT2D eigenvalue weighted by Gasteiger charge is -2.07. The van der Waals surface area contributed by atoms with Gasteiger partial charge in [0, 0.05) is 5.02 Å². The van der Waals surface area contributed by atoms with Crippen molar-refractivity contribution in [2.45, 2.75) is 12.8 Å². The summed E-state index contributed by atoms with van der Waals surface area (Å²) < 4.78 is 0. The first-order chi connectivity index (χ1) is 5.63. The van der Waals surface area contributed by atoms with Gasteiger partial charge in [-0.05, 0) is 18.6 Å². The van der Waals surface area contributed by atoms with Crippen molar-refractivity contribution in [2.24, 2.45) is 0 Å². The first-order valence-corrected chi connectivity index (χ1v) is 3.98. The number of benzene rings is 1. The Morgan fingerprint density at radius 1 is 1.50 bits per heavy atom. The highest BCUT2D eigenvalue weighted by Crippen LogP contribution is 2.23. The summed E-state index contributed by atoms with van der Waals surface area (Å²) in [5.74, 6) is -1.40. The maximum absolute atomic E-state index is 10.6. The zero-order valence-electron chi connectivity index (χ0n) is 6.62. The van der Waals surface area contributed by atoms with E-state index in [0.29, 0.717) is 10.6 Å². The van der Waals surface area contributed by atoms with Crippen LogP contribution in [0.1, 0.15) is 18.4 Å². The van der Waals surface area contributed by atoms with Crippen LogP contribution in [0.15, 0.2) is 24.3 Å². The molecule has 1 aromatic rings. The van der Waals surface area contributed by atoms with Crippen molar-refractivity contribution in [3.63, 3.8) is 0 Å². The number of rotatable bonds is 2. The second kappa shape index (κ2) is 3.59. The highest BCUT2D eigenvalue weighted by Gasteiger charge is 2.15. The van der Waals surface area contributed by atoms with E-state index in [1.807, 2.05) is 0 Å². The Labute approximate surface area is 75.8 Å². The van der Waals surface area contributed by atoms with Crippen LogP contribution in [0.3, 0.4) is 0 Å². The molecule has 0 amide bonds. The molecule has 0 aliphatic rings. The Bertz CT molecular complexity index is 296. The highest BCUT2D eigenvalue weighted by atomic mass is 35.5. The molecule has 0 heterocycles. The number of halogens is 1. The van der Waals surface area contributed by atoms with Crippen LogP contribution >= 0.6 is 11.6 Å². The summed E-state index contributed by atoms with van der Waals surface area (Å²) in [5, 5.41) is 9.21. The smallest absolute Gasteiger partial charge is 0.310 e. The zero-order chi connectivity index (χ0) is 9.14. The van der Waals surface area contributed by atoms with Gasteiger partial charge in [0.05, 0.1) is 5.92 Å². The predicted molar refractivity (Wildman–Crippen MR) is 47.5 cm³/mol. The summed E-state index contributed by atoms with van der Waals surface area (Å²) in [4.78, 5) is 10.6. The van der Waals surface area contributed by atoms with Crippen LogP contribution in [0, 0.1) is 0 Å². The second-order valence-corrected chi connectivity index (χ2v) is 2.99. The fourth-order valence-corrected chi connectivity index (χ4v) is 1.26. The number of hydrogen-bond acceptors (Lipinski definition) is 1. The first-order valence-electron chi connectivity index (χ1n) is 3.60. The van der Waals surface area contributed by atoms with Gasteiger partial charge in [0.25, 0.3) is 0 Å². The van der Waals surface area contributed by atoms with E-state index in [4.69, 9.17) is 16.7 Å². The number of carboxylic acids is 1. The summed E-state index contributed by atoms with van der Waals surface area (Å²) >= 11 is 5.80. The van der Waals surface area contributed by atoms with Crippen molar-refractivity contribution in [1.82, 2.24) is 0 Å². The van der Waals surface area contributed by atoms with Gasteiger partial charge in [-0.25, -0.2) is 0 Å². The minimum Gasteiger partial charge on any atom is -0.481 e. The molecule has 0 aromatic heterocycles. The molecule has 0 fully saturated rings. The molecule has 0 aliphatic heterocycles. The van der Waals surface area contributed by atoms with Crippen molar-refractivity contribution >= 4 is 17.6 Å². The van der Waals surface area contributed by atoms with E-state index in [-0.39, 0.29) is 0 Å². The second-order valence-electron chi connectivity index (χ2n) is 2.58. The molecule has 0 aliphatic carbocycles. The van der Waals surface area contributed by atoms with Gasteiger partial charge in [0.2, 0.25) is 0 Å². The van der Waals surface area contributed by atoms with E-state index >= 15 is 0 Å². The molecule has 0 saturated carbocycles. The molecule has 12 heavy (non-hydrogen) atoms. The van der Waals surface area contributed by atoms with Crippen LogP contribution in [0.25, 0.3) is 0 Å². The van der Waals surface area contributed by atoms with Crippen molar-refractivity contribution in [1.29, 1.82) is 0 Å². The molecule has 1 rings (SSSR count). The van der Waals surface area contributed by atoms with Crippen LogP contribution < -0.4 is 0 Å². The topological polar surface area (TPSA) is 37.3 Å². The van der Waals surface area contributed by atoms with Crippen LogP contribution in [0.4, 0.5) is 0 Å². The average molecular weight is 185 g/mol. The van der Waals surface area contributed by atoms with Crippen molar-refractivity contribution in [3.05, 3.63) is 34.9 Å². The summed E-state index contributed by atoms with van der Waals surface area (Å²) in [5.41, 5.74) is 0.659. The van der Waals surface area contributed by atoms with Gasteiger partial charge in [0.1, 0.15) is 0 Å². The Morgan fingerprint density at radius 3 is 2.58 bits per heavy atom. The molecule has 1 aromatic carbocycles. The van der Waals surface area contributed by atoms with E-state index in [1.165, 1.54) is 0 Å². The SMILES string of the molecule is C[C@@H](C(=O)O)c1ccccc1Cl. The van der Waals surface area contributed by atoms with Crippen LogP contribution in [0.2, 0.25) is 5.02 Å². The lowest BCUT2D eigenvalue weighted by molar-refractivity contribution is -0.138. The Kier molecular flexibility index (Phi) is 2.71. The molecule has 0 saturated heterocycles. The number of carboxylic acid groups (broad SMARTS) is 1. The van der Waals surface area contributed by atoms with Crippen LogP contribution in [-0.4, -0.2) is 11.1 Å². The summed E-state index contributed by atoms with van der Waals surface area (Å²) in [7, 11) is 0. The third-order valence-corrected chi connectivity index (χ3v) is 2.09. The molecule has 1 atom stereocenters. The zero-order valence-corrected chi connectivity index (χ0v) is 7.38. The largest absolute Gasteiger partial charge is 0.481 e. The lowest BCUT2D eigenvalue weighted by atomic mass is 10.0. The fraction of sp³-hybridized carbons (Fsp3) is 0.222. The highest BCUT2D eigenvalue weighted by molar-refractivity contribution is 6.31. The van der Waals surface area contributed by atoms with E-state index in [1.54, 1.807) is 31.2 Å². The van der Waals surface area contributed by atoms with Gasteiger partial charge in [-0.1, -0.05) is 29.8 Å². The van der Waals surface area contributed by atoms with E-state index in [2.05, 4.69) is 0 Å². The molecule has 1 N–H and O–H groups in total. The lowest BCUT2D eigenvalue weighted by Crippen LogP contribution is -2.07. The van der Waals surface area contributed by atoms with E-state index in [0.717, 1.165) is 0 Å². The number of aliphatic carboxylic acids is 1. The third-order valence-electron chi connectivity index (χ3n) is 1.74. The van der Waals surface area contributed by atoms with Crippen molar-refractivity contribution in [2.75, 3.05) is 0 Å². The minimum atomic E-state index is -0.858. The summed E-state index contributed by atoms with van der Waals surface area (Å²) in [6.45, 7) is 1.61. The molecule has 2 nitrogen and oxygen atoms in total. The average Bonchev–Trinajstić information content (AvgIpc) is 2.04. The maximum Gasteiger partial charge on any atom is 0.310 e.